The number of nitrogens with zero attached hydrogens (tertiary/aromatic N) is 4. The second kappa shape index (κ2) is 5.63. The van der Waals surface area contributed by atoms with Gasteiger partial charge in [-0.3, -0.25) is 9.89 Å². The summed E-state index contributed by atoms with van der Waals surface area (Å²) in [7, 11) is 0. The topological polar surface area (TPSA) is 85.7 Å². The molecule has 0 spiro atoms. The van der Waals surface area contributed by atoms with E-state index in [1.165, 1.54) is 0 Å². The molecule has 96 valence electrons. The van der Waals surface area contributed by atoms with Gasteiger partial charge in [-0.15, -0.1) is 5.10 Å². The van der Waals surface area contributed by atoms with Crippen molar-refractivity contribution in [3.63, 3.8) is 0 Å². The monoisotopic (exact) mass is 247 g/mol. The summed E-state index contributed by atoms with van der Waals surface area (Å²) >= 11 is 0. The standard InChI is InChI=1S/C12H17N5O/c1-2-4-10-14-11(16-15-10)12(18)17(8-3-7-13)9-5-6-9/h9H,2-6,8H2,1H3,(H,14,15,16). The van der Waals surface area contributed by atoms with Crippen molar-refractivity contribution in [1.29, 1.82) is 5.26 Å². The Morgan fingerprint density at radius 3 is 3.00 bits per heavy atom. The molecule has 1 heterocycles. The molecule has 1 saturated carbocycles. The van der Waals surface area contributed by atoms with Gasteiger partial charge >= 0.3 is 0 Å². The molecule has 1 amide bonds. The number of aromatic nitrogens is 3. The van der Waals surface area contributed by atoms with Gasteiger partial charge in [0.25, 0.3) is 5.91 Å². The SMILES string of the molecule is CCCc1nc(C(=O)N(CCC#N)C2CC2)n[nH]1. The van der Waals surface area contributed by atoms with Crippen LogP contribution in [-0.2, 0) is 6.42 Å². The van der Waals surface area contributed by atoms with Gasteiger partial charge in [0.05, 0.1) is 12.5 Å². The smallest absolute Gasteiger partial charge is 0.293 e. The van der Waals surface area contributed by atoms with Crippen LogP contribution in [0.25, 0.3) is 0 Å². The summed E-state index contributed by atoms with van der Waals surface area (Å²) in [6, 6.07) is 2.35. The van der Waals surface area contributed by atoms with E-state index in [1.807, 2.05) is 6.92 Å². The number of hydrogen-bond donors (Lipinski definition) is 1. The maximum atomic E-state index is 12.2. The first-order valence-electron chi connectivity index (χ1n) is 6.35. The van der Waals surface area contributed by atoms with Crippen LogP contribution in [0.5, 0.6) is 0 Å². The van der Waals surface area contributed by atoms with Gasteiger partial charge in [0.1, 0.15) is 5.82 Å². The third kappa shape index (κ3) is 2.86. The Kier molecular flexibility index (Phi) is 3.92. The summed E-state index contributed by atoms with van der Waals surface area (Å²) < 4.78 is 0. The molecule has 18 heavy (non-hydrogen) atoms. The Bertz CT molecular complexity index is 457. The zero-order chi connectivity index (χ0) is 13.0. The number of carbonyl (C=O) groups is 1. The quantitative estimate of drug-likeness (QED) is 0.820. The Morgan fingerprint density at radius 2 is 2.39 bits per heavy atom. The molecule has 6 nitrogen and oxygen atoms in total. The number of aromatic amines is 1. The number of hydrogen-bond acceptors (Lipinski definition) is 4. The maximum absolute atomic E-state index is 12.2. The summed E-state index contributed by atoms with van der Waals surface area (Å²) in [5.41, 5.74) is 0. The van der Waals surface area contributed by atoms with Crippen LogP contribution in [0.2, 0.25) is 0 Å². The molecule has 0 atom stereocenters. The minimum atomic E-state index is -0.161. The lowest BCUT2D eigenvalue weighted by Gasteiger charge is -2.19. The summed E-state index contributed by atoms with van der Waals surface area (Å²) in [5.74, 6) is 0.812. The zero-order valence-corrected chi connectivity index (χ0v) is 10.5. The molecule has 2 rings (SSSR count). The average Bonchev–Trinajstić information content (AvgIpc) is 3.09. The van der Waals surface area contributed by atoms with Crippen LogP contribution in [-0.4, -0.2) is 38.6 Å². The number of H-pyrrole nitrogens is 1. The number of nitrogens with one attached hydrogen (secondary N) is 1. The summed E-state index contributed by atoms with van der Waals surface area (Å²) in [6.07, 6.45) is 4.15. The number of aryl methyl sites for hydroxylation is 1. The van der Waals surface area contributed by atoms with Crippen molar-refractivity contribution in [3.8, 4) is 6.07 Å². The maximum Gasteiger partial charge on any atom is 0.293 e. The van der Waals surface area contributed by atoms with E-state index in [4.69, 9.17) is 5.26 Å². The van der Waals surface area contributed by atoms with Crippen LogP contribution in [0.1, 0.15) is 49.1 Å². The molecule has 1 N–H and O–H groups in total. The highest BCUT2D eigenvalue weighted by Crippen LogP contribution is 2.27. The normalized spacial score (nSPS) is 14.2. The highest BCUT2D eigenvalue weighted by Gasteiger charge is 2.34. The highest BCUT2D eigenvalue weighted by molar-refractivity contribution is 5.90. The highest BCUT2D eigenvalue weighted by atomic mass is 16.2. The summed E-state index contributed by atoms with van der Waals surface area (Å²) in [6.45, 7) is 2.52. The lowest BCUT2D eigenvalue weighted by atomic mass is 10.3. The van der Waals surface area contributed by atoms with Crippen LogP contribution in [0.3, 0.4) is 0 Å². The van der Waals surface area contributed by atoms with Crippen molar-refractivity contribution in [3.05, 3.63) is 11.6 Å². The average molecular weight is 247 g/mol. The first-order valence-corrected chi connectivity index (χ1v) is 6.35. The number of carbonyl (C=O) groups excluding carboxylic acids is 1. The Morgan fingerprint density at radius 1 is 1.61 bits per heavy atom. The molecule has 1 aromatic heterocycles. The van der Waals surface area contributed by atoms with E-state index in [2.05, 4.69) is 21.3 Å². The van der Waals surface area contributed by atoms with Crippen LogP contribution in [0.15, 0.2) is 0 Å². The van der Waals surface area contributed by atoms with Crippen molar-refractivity contribution < 1.29 is 4.79 Å². The molecule has 0 radical (unpaired) electrons. The fraction of sp³-hybridized carbons (Fsp3) is 0.667. The number of nitriles is 1. The van der Waals surface area contributed by atoms with Gasteiger partial charge in [-0.05, 0) is 19.3 Å². The van der Waals surface area contributed by atoms with Crippen molar-refractivity contribution in [2.24, 2.45) is 0 Å². The molecule has 0 bridgehead atoms. The molecule has 1 aromatic rings. The van der Waals surface area contributed by atoms with Gasteiger partial charge in [0, 0.05) is 19.0 Å². The van der Waals surface area contributed by atoms with Crippen LogP contribution >= 0.6 is 0 Å². The minimum Gasteiger partial charge on any atom is -0.332 e. The van der Waals surface area contributed by atoms with Gasteiger partial charge in [-0.1, -0.05) is 6.92 Å². The molecular weight excluding hydrogens is 230 g/mol. The largest absolute Gasteiger partial charge is 0.332 e. The third-order valence-corrected chi connectivity index (χ3v) is 2.92. The van der Waals surface area contributed by atoms with Crippen molar-refractivity contribution >= 4 is 5.91 Å². The van der Waals surface area contributed by atoms with E-state index >= 15 is 0 Å². The predicted octanol–water partition coefficient (Wildman–Crippen LogP) is 1.28. The Balaban J connectivity index is 2.04. The van der Waals surface area contributed by atoms with E-state index in [0.29, 0.717) is 13.0 Å². The minimum absolute atomic E-state index is 0.161. The van der Waals surface area contributed by atoms with Gasteiger partial charge in [-0.2, -0.15) is 5.26 Å². The van der Waals surface area contributed by atoms with Crippen molar-refractivity contribution in [1.82, 2.24) is 20.1 Å². The van der Waals surface area contributed by atoms with Gasteiger partial charge in [0.15, 0.2) is 0 Å². The van der Waals surface area contributed by atoms with Crippen LogP contribution in [0, 0.1) is 11.3 Å². The molecule has 0 saturated heterocycles. The second-order valence-electron chi connectivity index (χ2n) is 4.49. The summed E-state index contributed by atoms with van der Waals surface area (Å²) in [4.78, 5) is 18.1. The Hall–Kier alpha value is -1.90. The van der Waals surface area contributed by atoms with E-state index in [1.54, 1.807) is 4.90 Å². The predicted molar refractivity (Wildman–Crippen MR) is 64.7 cm³/mol. The summed E-state index contributed by atoms with van der Waals surface area (Å²) in [5, 5.41) is 15.4. The van der Waals surface area contributed by atoms with E-state index in [9.17, 15) is 4.79 Å². The third-order valence-electron chi connectivity index (χ3n) is 2.92. The lowest BCUT2D eigenvalue weighted by Crippen LogP contribution is -2.34. The molecule has 0 aliphatic heterocycles. The van der Waals surface area contributed by atoms with E-state index in [-0.39, 0.29) is 17.8 Å². The molecule has 1 aliphatic carbocycles. The van der Waals surface area contributed by atoms with E-state index < -0.39 is 0 Å². The molecule has 1 aliphatic rings. The molecular formula is C12H17N5O. The van der Waals surface area contributed by atoms with Crippen LogP contribution < -0.4 is 0 Å². The fourth-order valence-electron chi connectivity index (χ4n) is 1.87. The zero-order valence-electron chi connectivity index (χ0n) is 10.5. The fourth-order valence-corrected chi connectivity index (χ4v) is 1.87. The van der Waals surface area contributed by atoms with Crippen LogP contribution in [0.4, 0.5) is 0 Å². The van der Waals surface area contributed by atoms with Gasteiger partial charge in [0.2, 0.25) is 5.82 Å². The van der Waals surface area contributed by atoms with E-state index in [0.717, 1.165) is 31.5 Å². The molecule has 0 aromatic carbocycles. The first-order chi connectivity index (χ1) is 8.76. The molecule has 6 heteroatoms. The first kappa shape index (κ1) is 12.6. The van der Waals surface area contributed by atoms with Gasteiger partial charge in [-0.25, -0.2) is 4.98 Å². The Labute approximate surface area is 106 Å². The second-order valence-corrected chi connectivity index (χ2v) is 4.49. The number of amides is 1. The molecule has 0 unspecified atom stereocenters. The lowest BCUT2D eigenvalue weighted by molar-refractivity contribution is 0.0735. The molecule has 1 fully saturated rings. The number of rotatable bonds is 6. The van der Waals surface area contributed by atoms with Gasteiger partial charge < -0.3 is 4.90 Å². The van der Waals surface area contributed by atoms with Crippen molar-refractivity contribution in [2.75, 3.05) is 6.54 Å². The van der Waals surface area contributed by atoms with Crippen molar-refractivity contribution in [2.45, 2.75) is 45.1 Å².